The van der Waals surface area contributed by atoms with E-state index < -0.39 is 0 Å². The molecule has 3 atom stereocenters. The van der Waals surface area contributed by atoms with Gasteiger partial charge in [-0.2, -0.15) is 0 Å². The lowest BCUT2D eigenvalue weighted by atomic mass is 10.1. The zero-order valence-corrected chi connectivity index (χ0v) is 13.6. The van der Waals surface area contributed by atoms with Crippen molar-refractivity contribution in [3.05, 3.63) is 28.8 Å². The molecule has 1 aliphatic rings. The highest BCUT2D eigenvalue weighted by Gasteiger charge is 2.24. The maximum absolute atomic E-state index is 6.49. The normalized spacial score (nSPS) is 24.8. The zero-order chi connectivity index (χ0) is 14.7. The van der Waals surface area contributed by atoms with Crippen molar-refractivity contribution in [2.45, 2.75) is 45.9 Å². The van der Waals surface area contributed by atoms with E-state index in [1.54, 1.807) is 0 Å². The number of benzene rings is 1. The molecule has 1 saturated heterocycles. The molecule has 112 valence electrons. The van der Waals surface area contributed by atoms with E-state index in [-0.39, 0.29) is 12.2 Å². The molecule has 4 heteroatoms. The number of anilines is 1. The van der Waals surface area contributed by atoms with Crippen LogP contribution < -0.4 is 10.2 Å². The van der Waals surface area contributed by atoms with Gasteiger partial charge in [0.1, 0.15) is 0 Å². The first kappa shape index (κ1) is 15.6. The Bertz CT molecular complexity index is 442. The van der Waals surface area contributed by atoms with Crippen molar-refractivity contribution < 1.29 is 4.74 Å². The summed E-state index contributed by atoms with van der Waals surface area (Å²) in [7, 11) is 0. The molecule has 2 rings (SSSR count). The Morgan fingerprint density at radius 1 is 1.35 bits per heavy atom. The lowest BCUT2D eigenvalue weighted by Crippen LogP contribution is -2.45. The van der Waals surface area contributed by atoms with Crippen LogP contribution in [0, 0.1) is 0 Å². The van der Waals surface area contributed by atoms with Gasteiger partial charge in [-0.15, -0.1) is 0 Å². The number of hydrogen-bond donors (Lipinski definition) is 1. The average molecular weight is 297 g/mol. The molecule has 20 heavy (non-hydrogen) atoms. The Labute approximate surface area is 127 Å². The molecule has 0 aliphatic carbocycles. The van der Waals surface area contributed by atoms with Gasteiger partial charge in [0, 0.05) is 19.1 Å². The van der Waals surface area contributed by atoms with Crippen LogP contribution in [-0.2, 0) is 4.74 Å². The lowest BCUT2D eigenvalue weighted by molar-refractivity contribution is -0.00520. The van der Waals surface area contributed by atoms with Gasteiger partial charge in [0.25, 0.3) is 0 Å². The summed E-state index contributed by atoms with van der Waals surface area (Å²) in [6, 6.07) is 6.71. The number of nitrogens with one attached hydrogen (secondary N) is 1. The van der Waals surface area contributed by atoms with Gasteiger partial charge in [-0.3, -0.25) is 0 Å². The first-order valence-electron chi connectivity index (χ1n) is 7.44. The van der Waals surface area contributed by atoms with Gasteiger partial charge < -0.3 is 15.0 Å². The highest BCUT2D eigenvalue weighted by atomic mass is 35.5. The molecular weight excluding hydrogens is 272 g/mol. The fourth-order valence-electron chi connectivity index (χ4n) is 2.85. The standard InChI is InChI=1S/C16H25ClN2O/c1-5-18-13(4)14-6-7-16(15(17)8-14)19-9-11(2)20-12(3)10-19/h6-8,11-13,18H,5,9-10H2,1-4H3/t11-,12+,13?. The van der Waals surface area contributed by atoms with Crippen LogP contribution in [-0.4, -0.2) is 31.8 Å². The third kappa shape index (κ3) is 3.66. The SMILES string of the molecule is CCNC(C)c1ccc(N2C[C@@H](C)O[C@@H](C)C2)c(Cl)c1. The van der Waals surface area contributed by atoms with Crippen LogP contribution in [0.4, 0.5) is 5.69 Å². The summed E-state index contributed by atoms with van der Waals surface area (Å²) in [6.45, 7) is 11.2. The van der Waals surface area contributed by atoms with Crippen LogP contribution in [0.3, 0.4) is 0 Å². The maximum Gasteiger partial charge on any atom is 0.0726 e. The molecule has 0 radical (unpaired) electrons. The number of hydrogen-bond acceptors (Lipinski definition) is 3. The van der Waals surface area contributed by atoms with Crippen molar-refractivity contribution >= 4 is 17.3 Å². The summed E-state index contributed by atoms with van der Waals surface area (Å²) in [5.74, 6) is 0. The van der Waals surface area contributed by atoms with Gasteiger partial charge in [0.05, 0.1) is 22.9 Å². The van der Waals surface area contributed by atoms with E-state index >= 15 is 0 Å². The third-order valence-corrected chi connectivity index (χ3v) is 4.05. The molecule has 0 bridgehead atoms. The molecular formula is C16H25ClN2O. The number of ether oxygens (including phenoxy) is 1. The number of halogens is 1. The van der Waals surface area contributed by atoms with Gasteiger partial charge in [0.2, 0.25) is 0 Å². The van der Waals surface area contributed by atoms with Crippen LogP contribution >= 0.6 is 11.6 Å². The predicted octanol–water partition coefficient (Wildman–Crippen LogP) is 3.62. The first-order valence-corrected chi connectivity index (χ1v) is 7.82. The Balaban J connectivity index is 2.17. The second-order valence-electron chi connectivity index (χ2n) is 5.65. The molecule has 1 unspecified atom stereocenters. The summed E-state index contributed by atoms with van der Waals surface area (Å²) >= 11 is 6.49. The van der Waals surface area contributed by atoms with Gasteiger partial charge >= 0.3 is 0 Å². The van der Waals surface area contributed by atoms with Crippen LogP contribution in [0.25, 0.3) is 0 Å². The van der Waals surface area contributed by atoms with Gasteiger partial charge in [-0.1, -0.05) is 24.6 Å². The first-order chi connectivity index (χ1) is 9.51. The second kappa shape index (κ2) is 6.79. The maximum atomic E-state index is 6.49. The van der Waals surface area contributed by atoms with E-state index in [1.807, 2.05) is 0 Å². The molecule has 1 aliphatic heterocycles. The number of rotatable bonds is 4. The summed E-state index contributed by atoms with van der Waals surface area (Å²) in [5.41, 5.74) is 2.34. The Morgan fingerprint density at radius 3 is 2.55 bits per heavy atom. The molecule has 0 spiro atoms. The Kier molecular flexibility index (Phi) is 5.30. The minimum Gasteiger partial charge on any atom is -0.372 e. The second-order valence-corrected chi connectivity index (χ2v) is 6.06. The largest absolute Gasteiger partial charge is 0.372 e. The van der Waals surface area contributed by atoms with Crippen molar-refractivity contribution in [2.75, 3.05) is 24.5 Å². The van der Waals surface area contributed by atoms with E-state index in [2.05, 4.69) is 56.1 Å². The topological polar surface area (TPSA) is 24.5 Å². The highest BCUT2D eigenvalue weighted by molar-refractivity contribution is 6.33. The summed E-state index contributed by atoms with van der Waals surface area (Å²) in [6.07, 6.45) is 0.491. The molecule has 3 nitrogen and oxygen atoms in total. The van der Waals surface area contributed by atoms with Gasteiger partial charge in [0.15, 0.2) is 0 Å². The van der Waals surface area contributed by atoms with Crippen molar-refractivity contribution in [1.82, 2.24) is 5.32 Å². The molecule has 1 aromatic carbocycles. The lowest BCUT2D eigenvalue weighted by Gasteiger charge is -2.37. The molecule has 1 N–H and O–H groups in total. The van der Waals surface area contributed by atoms with E-state index in [9.17, 15) is 0 Å². The molecule has 1 fully saturated rings. The van der Waals surface area contributed by atoms with Crippen molar-refractivity contribution in [3.63, 3.8) is 0 Å². The predicted molar refractivity (Wildman–Crippen MR) is 85.8 cm³/mol. The van der Waals surface area contributed by atoms with E-state index in [0.29, 0.717) is 6.04 Å². The fraction of sp³-hybridized carbons (Fsp3) is 0.625. The summed E-state index contributed by atoms with van der Waals surface area (Å²) < 4.78 is 5.78. The quantitative estimate of drug-likeness (QED) is 0.918. The van der Waals surface area contributed by atoms with Crippen LogP contribution in [0.15, 0.2) is 18.2 Å². The van der Waals surface area contributed by atoms with Crippen molar-refractivity contribution in [2.24, 2.45) is 0 Å². The summed E-state index contributed by atoms with van der Waals surface area (Å²) in [4.78, 5) is 2.32. The Morgan fingerprint density at radius 2 is 2.00 bits per heavy atom. The fourth-order valence-corrected chi connectivity index (χ4v) is 3.16. The van der Waals surface area contributed by atoms with E-state index in [1.165, 1.54) is 5.56 Å². The van der Waals surface area contributed by atoms with Crippen LogP contribution in [0.1, 0.15) is 39.3 Å². The Hall–Kier alpha value is -0.770. The van der Waals surface area contributed by atoms with E-state index in [4.69, 9.17) is 16.3 Å². The zero-order valence-electron chi connectivity index (χ0n) is 12.8. The number of morpholine rings is 1. The molecule has 0 saturated carbocycles. The molecule has 0 aromatic heterocycles. The average Bonchev–Trinajstić information content (AvgIpc) is 2.37. The monoisotopic (exact) mass is 296 g/mol. The van der Waals surface area contributed by atoms with Crippen LogP contribution in [0.2, 0.25) is 5.02 Å². The molecule has 0 amide bonds. The smallest absolute Gasteiger partial charge is 0.0726 e. The summed E-state index contributed by atoms with van der Waals surface area (Å²) in [5, 5.41) is 4.24. The minimum atomic E-state index is 0.246. The molecule has 1 aromatic rings. The van der Waals surface area contributed by atoms with Crippen LogP contribution in [0.5, 0.6) is 0 Å². The van der Waals surface area contributed by atoms with Crippen molar-refractivity contribution in [1.29, 1.82) is 0 Å². The third-order valence-electron chi connectivity index (χ3n) is 3.74. The van der Waals surface area contributed by atoms with Gasteiger partial charge in [-0.25, -0.2) is 0 Å². The highest BCUT2D eigenvalue weighted by Crippen LogP contribution is 2.31. The van der Waals surface area contributed by atoms with E-state index in [0.717, 1.165) is 30.3 Å². The number of nitrogens with zero attached hydrogens (tertiary/aromatic N) is 1. The molecule has 1 heterocycles. The minimum absolute atomic E-state index is 0.246. The van der Waals surface area contributed by atoms with Gasteiger partial charge in [-0.05, 0) is 45.0 Å². The van der Waals surface area contributed by atoms with Crippen molar-refractivity contribution in [3.8, 4) is 0 Å².